The summed E-state index contributed by atoms with van der Waals surface area (Å²) in [6, 6.07) is 11.8. The van der Waals surface area contributed by atoms with Crippen molar-refractivity contribution >= 4 is 23.0 Å². The van der Waals surface area contributed by atoms with Crippen LogP contribution in [0.4, 0.5) is 0 Å². The Balaban J connectivity index is 1.71. The molecular weight excluding hydrogens is 332 g/mol. The number of benzene rings is 2. The molecule has 6 heteroatoms. The molecule has 0 fully saturated rings. The Morgan fingerprint density at radius 1 is 0.846 bits per heavy atom. The van der Waals surface area contributed by atoms with Crippen molar-refractivity contribution in [1.82, 2.24) is 9.97 Å². The van der Waals surface area contributed by atoms with Gasteiger partial charge in [-0.2, -0.15) is 0 Å². The van der Waals surface area contributed by atoms with Crippen LogP contribution in [-0.4, -0.2) is 29.0 Å². The maximum Gasteiger partial charge on any atom is 0.338 e. The summed E-state index contributed by atoms with van der Waals surface area (Å²) in [6.07, 6.45) is 0. The number of methoxy groups -OCH3 is 1. The summed E-state index contributed by atoms with van der Waals surface area (Å²) < 4.78 is 9.99. The number of carbonyl (C=O) groups is 2. The van der Waals surface area contributed by atoms with Gasteiger partial charge in [-0.05, 0) is 49.7 Å². The summed E-state index contributed by atoms with van der Waals surface area (Å²) in [5, 5.41) is 0. The topological polar surface area (TPSA) is 78.4 Å². The van der Waals surface area contributed by atoms with E-state index >= 15 is 0 Å². The molecule has 2 aromatic carbocycles. The smallest absolute Gasteiger partial charge is 0.338 e. The summed E-state index contributed by atoms with van der Waals surface area (Å²) >= 11 is 0. The molecule has 1 aromatic heterocycles. The van der Waals surface area contributed by atoms with Crippen LogP contribution >= 0.6 is 0 Å². The zero-order valence-corrected chi connectivity index (χ0v) is 14.8. The number of rotatable bonds is 4. The van der Waals surface area contributed by atoms with Crippen LogP contribution in [0.15, 0.2) is 42.5 Å². The van der Waals surface area contributed by atoms with Gasteiger partial charge in [-0.15, -0.1) is 0 Å². The average Bonchev–Trinajstić information content (AvgIpc) is 2.66. The first-order valence-corrected chi connectivity index (χ1v) is 8.07. The van der Waals surface area contributed by atoms with E-state index in [4.69, 9.17) is 4.74 Å². The number of esters is 2. The second kappa shape index (κ2) is 7.31. The highest BCUT2D eigenvalue weighted by Crippen LogP contribution is 2.16. The van der Waals surface area contributed by atoms with E-state index in [9.17, 15) is 9.59 Å². The number of aromatic nitrogens is 2. The van der Waals surface area contributed by atoms with E-state index in [2.05, 4.69) is 14.7 Å². The molecule has 6 nitrogen and oxygen atoms in total. The minimum absolute atomic E-state index is 0.108. The first kappa shape index (κ1) is 17.5. The second-order valence-electron chi connectivity index (χ2n) is 5.86. The molecule has 0 N–H and O–H groups in total. The van der Waals surface area contributed by atoms with Crippen LogP contribution in [0.2, 0.25) is 0 Å². The molecule has 0 saturated heterocycles. The third-order valence-electron chi connectivity index (χ3n) is 4.06. The Kier molecular flexibility index (Phi) is 4.93. The third kappa shape index (κ3) is 3.69. The fourth-order valence-electron chi connectivity index (χ4n) is 2.44. The maximum absolute atomic E-state index is 12.3. The van der Waals surface area contributed by atoms with Crippen molar-refractivity contribution in [3.63, 3.8) is 0 Å². The van der Waals surface area contributed by atoms with Crippen molar-refractivity contribution in [2.75, 3.05) is 7.11 Å². The lowest BCUT2D eigenvalue weighted by atomic mass is 10.1. The van der Waals surface area contributed by atoms with Gasteiger partial charge in [-0.1, -0.05) is 12.1 Å². The molecule has 0 unspecified atom stereocenters. The number of hydrogen-bond donors (Lipinski definition) is 0. The van der Waals surface area contributed by atoms with Crippen molar-refractivity contribution < 1.29 is 19.1 Å². The van der Waals surface area contributed by atoms with Gasteiger partial charge in [-0.3, -0.25) is 0 Å². The van der Waals surface area contributed by atoms with Crippen LogP contribution in [0.5, 0.6) is 0 Å². The molecule has 3 rings (SSSR count). The zero-order chi connectivity index (χ0) is 18.7. The minimum Gasteiger partial charge on any atom is -0.465 e. The van der Waals surface area contributed by atoms with E-state index in [0.29, 0.717) is 16.6 Å². The van der Waals surface area contributed by atoms with Crippen LogP contribution in [-0.2, 0) is 16.1 Å². The Hall–Kier alpha value is -3.28. The summed E-state index contributed by atoms with van der Waals surface area (Å²) in [5.74, 6) is -0.847. The van der Waals surface area contributed by atoms with Crippen LogP contribution in [0.1, 0.15) is 37.7 Å². The molecule has 0 aliphatic rings. The molecule has 0 amide bonds. The molecule has 3 aromatic rings. The number of hydrogen-bond acceptors (Lipinski definition) is 6. The van der Waals surface area contributed by atoms with E-state index in [1.54, 1.807) is 42.5 Å². The van der Waals surface area contributed by atoms with E-state index < -0.39 is 11.9 Å². The maximum atomic E-state index is 12.3. The van der Waals surface area contributed by atoms with Gasteiger partial charge in [0.2, 0.25) is 0 Å². The number of carbonyl (C=O) groups excluding carboxylic acids is 2. The van der Waals surface area contributed by atoms with Crippen molar-refractivity contribution in [2.24, 2.45) is 0 Å². The fraction of sp³-hybridized carbons (Fsp3) is 0.200. The van der Waals surface area contributed by atoms with Crippen LogP contribution in [0, 0.1) is 13.8 Å². The summed E-state index contributed by atoms with van der Waals surface area (Å²) in [6.45, 7) is 3.89. The van der Waals surface area contributed by atoms with E-state index in [-0.39, 0.29) is 6.61 Å². The molecule has 26 heavy (non-hydrogen) atoms. The van der Waals surface area contributed by atoms with Crippen molar-refractivity contribution in [2.45, 2.75) is 20.5 Å². The lowest BCUT2D eigenvalue weighted by Crippen LogP contribution is -2.06. The Morgan fingerprint density at radius 2 is 1.46 bits per heavy atom. The summed E-state index contributed by atoms with van der Waals surface area (Å²) in [5.41, 5.74) is 4.73. The molecule has 0 bridgehead atoms. The molecule has 0 aliphatic heterocycles. The van der Waals surface area contributed by atoms with Crippen molar-refractivity contribution in [3.05, 3.63) is 70.5 Å². The van der Waals surface area contributed by atoms with Crippen molar-refractivity contribution in [1.29, 1.82) is 0 Å². The van der Waals surface area contributed by atoms with Crippen LogP contribution in [0.3, 0.4) is 0 Å². The highest BCUT2D eigenvalue weighted by Gasteiger charge is 2.11. The first-order valence-electron chi connectivity index (χ1n) is 8.07. The van der Waals surface area contributed by atoms with E-state index in [1.807, 2.05) is 13.8 Å². The van der Waals surface area contributed by atoms with Crippen LogP contribution < -0.4 is 0 Å². The Bertz CT molecular complexity index is 981. The van der Waals surface area contributed by atoms with Gasteiger partial charge in [-0.25, -0.2) is 19.6 Å². The molecule has 0 aliphatic carbocycles. The van der Waals surface area contributed by atoms with Gasteiger partial charge < -0.3 is 9.47 Å². The van der Waals surface area contributed by atoms with Gasteiger partial charge in [0.05, 0.1) is 40.7 Å². The second-order valence-corrected chi connectivity index (χ2v) is 5.86. The van der Waals surface area contributed by atoms with Gasteiger partial charge >= 0.3 is 11.9 Å². The monoisotopic (exact) mass is 350 g/mol. The Morgan fingerprint density at radius 3 is 2.12 bits per heavy atom. The zero-order valence-electron chi connectivity index (χ0n) is 14.8. The van der Waals surface area contributed by atoms with E-state index in [1.165, 1.54) is 7.11 Å². The first-order chi connectivity index (χ1) is 12.5. The van der Waals surface area contributed by atoms with Gasteiger partial charge in [0.1, 0.15) is 6.61 Å². The standard InChI is InChI=1S/C20H18N2O4/c1-12-13(2)22-18-10-16(8-9-17(18)21-12)20(24)26-11-14-4-6-15(7-5-14)19(23)25-3/h4-10H,11H2,1-3H3. The number of ether oxygens (including phenoxy) is 2. The highest BCUT2D eigenvalue weighted by molar-refractivity contribution is 5.93. The molecule has 132 valence electrons. The molecule has 1 heterocycles. The minimum atomic E-state index is -0.441. The SMILES string of the molecule is COC(=O)c1ccc(COC(=O)c2ccc3nc(C)c(C)nc3c2)cc1. The summed E-state index contributed by atoms with van der Waals surface area (Å²) in [4.78, 5) is 32.6. The van der Waals surface area contributed by atoms with Crippen molar-refractivity contribution in [3.8, 4) is 0 Å². The van der Waals surface area contributed by atoms with Crippen LogP contribution in [0.25, 0.3) is 11.0 Å². The third-order valence-corrected chi connectivity index (χ3v) is 4.06. The molecule has 0 spiro atoms. The molecule has 0 saturated carbocycles. The molecule has 0 atom stereocenters. The fourth-order valence-corrected chi connectivity index (χ4v) is 2.44. The Labute approximate surface area is 150 Å². The number of fused-ring (bicyclic) bond motifs is 1. The van der Waals surface area contributed by atoms with Gasteiger partial charge in [0, 0.05) is 0 Å². The lowest BCUT2D eigenvalue weighted by Gasteiger charge is -2.07. The van der Waals surface area contributed by atoms with E-state index in [0.717, 1.165) is 22.5 Å². The summed E-state index contributed by atoms with van der Waals surface area (Å²) in [7, 11) is 1.33. The average molecular weight is 350 g/mol. The highest BCUT2D eigenvalue weighted by atomic mass is 16.5. The predicted octanol–water partition coefficient (Wildman–Crippen LogP) is 3.39. The predicted molar refractivity (Wildman–Crippen MR) is 95.9 cm³/mol. The van der Waals surface area contributed by atoms with Gasteiger partial charge in [0.15, 0.2) is 0 Å². The number of aryl methyl sites for hydroxylation is 2. The normalized spacial score (nSPS) is 10.6. The molecule has 0 radical (unpaired) electrons. The lowest BCUT2D eigenvalue weighted by molar-refractivity contribution is 0.0471. The quantitative estimate of drug-likeness (QED) is 0.671. The van der Waals surface area contributed by atoms with Gasteiger partial charge in [0.25, 0.3) is 0 Å². The number of nitrogens with zero attached hydrogens (tertiary/aromatic N) is 2. The molecular formula is C20H18N2O4. The largest absolute Gasteiger partial charge is 0.465 e.